The Morgan fingerprint density at radius 2 is 2.50 bits per heavy atom. The normalized spacial score (nSPS) is 17.1. The second kappa shape index (κ2) is 4.65. The molecule has 1 heterocycles. The van der Waals surface area contributed by atoms with E-state index in [1.807, 2.05) is 11.6 Å². The first kappa shape index (κ1) is 11.1. The van der Waals surface area contributed by atoms with Crippen LogP contribution in [-0.2, 0) is 18.3 Å². The maximum absolute atomic E-state index is 11.8. The molecule has 88 valence electrons. The van der Waals surface area contributed by atoms with E-state index in [1.165, 1.54) is 0 Å². The lowest BCUT2D eigenvalue weighted by Gasteiger charge is -2.14. The van der Waals surface area contributed by atoms with E-state index in [1.54, 1.807) is 12.5 Å². The van der Waals surface area contributed by atoms with Crippen LogP contribution in [0, 0.1) is 5.92 Å². The highest BCUT2D eigenvalue weighted by Crippen LogP contribution is 2.19. The van der Waals surface area contributed by atoms with Crippen molar-refractivity contribution in [3.8, 4) is 0 Å². The molecule has 5 nitrogen and oxygen atoms in total. The van der Waals surface area contributed by atoms with Gasteiger partial charge in [0.15, 0.2) is 0 Å². The Morgan fingerprint density at radius 3 is 3.00 bits per heavy atom. The maximum atomic E-state index is 11.8. The van der Waals surface area contributed by atoms with E-state index in [-0.39, 0.29) is 11.8 Å². The topological polar surface area (TPSA) is 72.9 Å². The van der Waals surface area contributed by atoms with Gasteiger partial charge in [-0.15, -0.1) is 0 Å². The fraction of sp³-hybridized carbons (Fsp3) is 0.636. The van der Waals surface area contributed by atoms with Crippen LogP contribution in [0.4, 0.5) is 0 Å². The molecule has 1 aliphatic rings. The van der Waals surface area contributed by atoms with Crippen molar-refractivity contribution in [1.29, 1.82) is 0 Å². The van der Waals surface area contributed by atoms with Crippen LogP contribution in [-0.4, -0.2) is 28.0 Å². The fourth-order valence-corrected chi connectivity index (χ4v) is 1.66. The number of aromatic nitrogens is 2. The molecule has 0 spiro atoms. The Kier molecular flexibility index (Phi) is 3.24. The minimum absolute atomic E-state index is 0.0752. The lowest BCUT2D eigenvalue weighted by molar-refractivity contribution is -0.124. The first-order chi connectivity index (χ1) is 7.70. The summed E-state index contributed by atoms with van der Waals surface area (Å²) in [5.74, 6) is -0.0674. The molecule has 2 rings (SSSR count). The zero-order valence-electron chi connectivity index (χ0n) is 9.52. The molecule has 3 N–H and O–H groups in total. The molecule has 1 aromatic heterocycles. The summed E-state index contributed by atoms with van der Waals surface area (Å²) in [5, 5.41) is 2.99. The number of hydrogen-bond donors (Lipinski definition) is 2. The predicted molar refractivity (Wildman–Crippen MR) is 60.6 cm³/mol. The number of nitrogens with zero attached hydrogens (tertiary/aromatic N) is 2. The largest absolute Gasteiger partial charge is 0.353 e. The summed E-state index contributed by atoms with van der Waals surface area (Å²) in [7, 11) is 1.93. The number of hydrogen-bond acceptors (Lipinski definition) is 3. The molecular weight excluding hydrogens is 204 g/mol. The zero-order valence-corrected chi connectivity index (χ0v) is 9.52. The minimum atomic E-state index is -0.143. The first-order valence-electron chi connectivity index (χ1n) is 5.66. The van der Waals surface area contributed by atoms with Crippen molar-refractivity contribution < 1.29 is 4.79 Å². The van der Waals surface area contributed by atoms with Gasteiger partial charge in [-0.25, -0.2) is 4.98 Å². The van der Waals surface area contributed by atoms with Crippen molar-refractivity contribution in [2.24, 2.45) is 18.7 Å². The summed E-state index contributed by atoms with van der Waals surface area (Å²) in [6.45, 7) is 0.379. The van der Waals surface area contributed by atoms with Crippen molar-refractivity contribution in [3.05, 3.63) is 18.2 Å². The van der Waals surface area contributed by atoms with Gasteiger partial charge in [-0.3, -0.25) is 4.79 Å². The molecule has 1 fully saturated rings. The van der Waals surface area contributed by atoms with Gasteiger partial charge < -0.3 is 15.6 Å². The number of imidazole rings is 1. The summed E-state index contributed by atoms with van der Waals surface area (Å²) in [6.07, 6.45) is 6.39. The Morgan fingerprint density at radius 1 is 1.75 bits per heavy atom. The van der Waals surface area contributed by atoms with Gasteiger partial charge in [0.2, 0.25) is 5.91 Å². The second-order valence-corrected chi connectivity index (χ2v) is 4.42. The Balaban J connectivity index is 1.93. The van der Waals surface area contributed by atoms with Crippen molar-refractivity contribution in [2.45, 2.75) is 25.3 Å². The highest BCUT2D eigenvalue weighted by atomic mass is 16.2. The summed E-state index contributed by atoms with van der Waals surface area (Å²) >= 11 is 0. The first-order valence-corrected chi connectivity index (χ1v) is 5.66. The van der Waals surface area contributed by atoms with Gasteiger partial charge in [-0.05, 0) is 12.8 Å². The van der Waals surface area contributed by atoms with Crippen LogP contribution in [0.1, 0.15) is 18.5 Å². The molecule has 1 saturated carbocycles. The van der Waals surface area contributed by atoms with Gasteiger partial charge in [0.25, 0.3) is 0 Å². The smallest absolute Gasteiger partial charge is 0.224 e. The van der Waals surface area contributed by atoms with E-state index in [2.05, 4.69) is 10.3 Å². The maximum Gasteiger partial charge on any atom is 0.224 e. The molecule has 0 radical (unpaired) electrons. The zero-order chi connectivity index (χ0) is 11.5. The summed E-state index contributed by atoms with van der Waals surface area (Å²) < 4.78 is 1.92. The SMILES string of the molecule is Cn1cncc1CC(CN)C(=O)NC1CC1. The minimum Gasteiger partial charge on any atom is -0.353 e. The van der Waals surface area contributed by atoms with E-state index >= 15 is 0 Å². The van der Waals surface area contributed by atoms with E-state index in [9.17, 15) is 4.79 Å². The number of carbonyl (C=O) groups excluding carboxylic acids is 1. The van der Waals surface area contributed by atoms with Gasteiger partial charge in [0.05, 0.1) is 12.2 Å². The molecule has 1 unspecified atom stereocenters. The van der Waals surface area contributed by atoms with Gasteiger partial charge >= 0.3 is 0 Å². The quantitative estimate of drug-likeness (QED) is 0.725. The molecule has 0 saturated heterocycles. The monoisotopic (exact) mass is 222 g/mol. The molecular formula is C11H18N4O. The van der Waals surface area contributed by atoms with Crippen LogP contribution in [0.25, 0.3) is 0 Å². The number of carbonyl (C=O) groups is 1. The van der Waals surface area contributed by atoms with E-state index < -0.39 is 0 Å². The average Bonchev–Trinajstić information content (AvgIpc) is 2.98. The molecule has 16 heavy (non-hydrogen) atoms. The van der Waals surface area contributed by atoms with Crippen LogP contribution in [0.2, 0.25) is 0 Å². The van der Waals surface area contributed by atoms with Crippen LogP contribution in [0.5, 0.6) is 0 Å². The summed E-state index contributed by atoms with van der Waals surface area (Å²) in [4.78, 5) is 15.9. The number of rotatable bonds is 5. The lowest BCUT2D eigenvalue weighted by Crippen LogP contribution is -2.37. The molecule has 0 aliphatic heterocycles. The van der Waals surface area contributed by atoms with E-state index in [4.69, 9.17) is 5.73 Å². The molecule has 1 aromatic rings. The molecule has 0 aromatic carbocycles. The second-order valence-electron chi connectivity index (χ2n) is 4.42. The van der Waals surface area contributed by atoms with Crippen LogP contribution in [0.15, 0.2) is 12.5 Å². The highest BCUT2D eigenvalue weighted by molar-refractivity contribution is 5.79. The number of nitrogens with two attached hydrogens (primary N) is 1. The fourth-order valence-electron chi connectivity index (χ4n) is 1.66. The molecule has 1 atom stereocenters. The van der Waals surface area contributed by atoms with Gasteiger partial charge in [0, 0.05) is 37.9 Å². The van der Waals surface area contributed by atoms with E-state index in [0.29, 0.717) is 19.0 Å². The van der Waals surface area contributed by atoms with Crippen molar-refractivity contribution >= 4 is 5.91 Å². The van der Waals surface area contributed by atoms with Crippen LogP contribution >= 0.6 is 0 Å². The average molecular weight is 222 g/mol. The number of nitrogens with one attached hydrogen (secondary N) is 1. The Bertz CT molecular complexity index is 370. The highest BCUT2D eigenvalue weighted by Gasteiger charge is 2.27. The predicted octanol–water partition coefficient (Wildman–Crippen LogP) is -0.184. The van der Waals surface area contributed by atoms with Crippen molar-refractivity contribution in [2.75, 3.05) is 6.54 Å². The van der Waals surface area contributed by atoms with Crippen LogP contribution < -0.4 is 11.1 Å². The van der Waals surface area contributed by atoms with Gasteiger partial charge in [0.1, 0.15) is 0 Å². The molecule has 5 heteroatoms. The van der Waals surface area contributed by atoms with Crippen LogP contribution in [0.3, 0.4) is 0 Å². The third kappa shape index (κ3) is 2.61. The van der Waals surface area contributed by atoms with Crippen molar-refractivity contribution in [1.82, 2.24) is 14.9 Å². The van der Waals surface area contributed by atoms with Crippen molar-refractivity contribution in [3.63, 3.8) is 0 Å². The lowest BCUT2D eigenvalue weighted by atomic mass is 10.0. The third-order valence-electron chi connectivity index (χ3n) is 2.95. The summed E-state index contributed by atoms with van der Waals surface area (Å²) in [5.41, 5.74) is 6.69. The number of amides is 1. The molecule has 0 bridgehead atoms. The Labute approximate surface area is 95.0 Å². The van der Waals surface area contributed by atoms with Gasteiger partial charge in [-0.1, -0.05) is 0 Å². The third-order valence-corrected chi connectivity index (χ3v) is 2.95. The molecule has 1 aliphatic carbocycles. The molecule has 1 amide bonds. The van der Waals surface area contributed by atoms with Gasteiger partial charge in [-0.2, -0.15) is 0 Å². The summed E-state index contributed by atoms with van der Waals surface area (Å²) in [6, 6.07) is 0.396. The Hall–Kier alpha value is -1.36. The number of aryl methyl sites for hydroxylation is 1. The van der Waals surface area contributed by atoms with E-state index in [0.717, 1.165) is 18.5 Å². The standard InChI is InChI=1S/C11H18N4O/c1-15-7-13-6-10(15)4-8(5-12)11(16)14-9-2-3-9/h6-9H,2-5,12H2,1H3,(H,14,16).